The van der Waals surface area contributed by atoms with Gasteiger partial charge in [-0.2, -0.15) is 0 Å². The molecule has 1 amide bonds. The number of amides is 1. The van der Waals surface area contributed by atoms with Crippen LogP contribution in [0.1, 0.15) is 36.8 Å². The maximum Gasteiger partial charge on any atom is 0.410 e. The number of nitrogens with zero attached hydrogens (tertiary/aromatic N) is 3. The van der Waals surface area contributed by atoms with Gasteiger partial charge < -0.3 is 19.3 Å². The lowest BCUT2D eigenvalue weighted by Crippen LogP contribution is -2.50. The fourth-order valence-corrected chi connectivity index (χ4v) is 2.55. The zero-order valence-corrected chi connectivity index (χ0v) is 15.0. The van der Waals surface area contributed by atoms with Crippen molar-refractivity contribution in [2.24, 2.45) is 0 Å². The number of aromatic nitrogens is 1. The van der Waals surface area contributed by atoms with Gasteiger partial charge in [-0.25, -0.2) is 14.6 Å². The summed E-state index contributed by atoms with van der Waals surface area (Å²) in [5.74, 6) is -0.445. The van der Waals surface area contributed by atoms with E-state index in [1.54, 1.807) is 17.2 Å². The van der Waals surface area contributed by atoms with Gasteiger partial charge in [0.1, 0.15) is 11.3 Å². The van der Waals surface area contributed by atoms with Crippen LogP contribution in [0.3, 0.4) is 0 Å². The molecule has 0 aromatic carbocycles. The second-order valence-electron chi connectivity index (χ2n) is 6.80. The first kappa shape index (κ1) is 18.0. The van der Waals surface area contributed by atoms with Crippen molar-refractivity contribution in [3.05, 3.63) is 23.5 Å². The van der Waals surface area contributed by atoms with Crippen molar-refractivity contribution in [1.29, 1.82) is 0 Å². The largest absolute Gasteiger partial charge is 0.464 e. The summed E-state index contributed by atoms with van der Waals surface area (Å²) in [7, 11) is 1.34. The summed E-state index contributed by atoms with van der Waals surface area (Å²) in [6.07, 6.45) is 1.41. The van der Waals surface area contributed by atoms with Crippen molar-refractivity contribution in [2.75, 3.05) is 38.2 Å². The molecule has 1 fully saturated rings. The van der Waals surface area contributed by atoms with Crippen molar-refractivity contribution in [1.82, 2.24) is 9.88 Å². The van der Waals surface area contributed by atoms with Crippen molar-refractivity contribution in [2.45, 2.75) is 33.3 Å². The first-order chi connectivity index (χ1) is 11.2. The Hall–Kier alpha value is -2.31. The van der Waals surface area contributed by atoms with E-state index in [4.69, 9.17) is 4.74 Å². The first-order valence-electron chi connectivity index (χ1n) is 7.99. The van der Waals surface area contributed by atoms with Crippen LogP contribution in [0, 0.1) is 6.92 Å². The molecule has 0 N–H and O–H groups in total. The van der Waals surface area contributed by atoms with Crippen molar-refractivity contribution in [3.63, 3.8) is 0 Å². The summed E-state index contributed by atoms with van der Waals surface area (Å²) in [6.45, 7) is 10.1. The van der Waals surface area contributed by atoms with Crippen LogP contribution in [0.15, 0.2) is 12.3 Å². The topological polar surface area (TPSA) is 72.0 Å². The number of aryl methyl sites for hydroxylation is 1. The SMILES string of the molecule is COC(=O)c1cc(C)c(N2CCN(C(=O)OC(C)(C)C)CC2)cn1. The molecule has 0 aliphatic carbocycles. The van der Waals surface area contributed by atoms with Crippen LogP contribution in [0.2, 0.25) is 0 Å². The standard InChI is InChI=1S/C17H25N3O4/c1-12-10-13(15(21)23-5)18-11-14(12)19-6-8-20(9-7-19)16(22)24-17(2,3)4/h10-11H,6-9H2,1-5H3. The summed E-state index contributed by atoms with van der Waals surface area (Å²) in [5.41, 5.74) is 1.73. The number of ether oxygens (including phenoxy) is 2. The van der Waals surface area contributed by atoms with E-state index in [0.29, 0.717) is 31.9 Å². The molecule has 0 saturated carbocycles. The Labute approximate surface area is 142 Å². The maximum atomic E-state index is 12.1. The van der Waals surface area contributed by atoms with Crippen LogP contribution < -0.4 is 4.90 Å². The number of hydrogen-bond acceptors (Lipinski definition) is 6. The molecule has 1 aliphatic rings. The minimum Gasteiger partial charge on any atom is -0.464 e. The Morgan fingerprint density at radius 2 is 1.79 bits per heavy atom. The number of anilines is 1. The molecule has 1 saturated heterocycles. The number of esters is 1. The highest BCUT2D eigenvalue weighted by molar-refractivity contribution is 5.87. The molecule has 1 aromatic rings. The van der Waals surface area contributed by atoms with E-state index in [-0.39, 0.29) is 6.09 Å². The highest BCUT2D eigenvalue weighted by atomic mass is 16.6. The third kappa shape index (κ3) is 4.37. The van der Waals surface area contributed by atoms with E-state index in [1.165, 1.54) is 7.11 Å². The lowest BCUT2D eigenvalue weighted by Gasteiger charge is -2.37. The normalized spacial score (nSPS) is 15.2. The van der Waals surface area contributed by atoms with E-state index < -0.39 is 11.6 Å². The third-order valence-electron chi connectivity index (χ3n) is 3.75. The molecule has 0 atom stereocenters. The zero-order valence-electron chi connectivity index (χ0n) is 15.0. The lowest BCUT2D eigenvalue weighted by atomic mass is 10.1. The maximum absolute atomic E-state index is 12.1. The number of carbonyl (C=O) groups is 2. The fourth-order valence-electron chi connectivity index (χ4n) is 2.55. The summed E-state index contributed by atoms with van der Waals surface area (Å²) in [4.78, 5) is 31.7. The van der Waals surface area contributed by atoms with E-state index in [2.05, 4.69) is 14.6 Å². The molecule has 0 radical (unpaired) electrons. The molecule has 2 heterocycles. The highest BCUT2D eigenvalue weighted by Crippen LogP contribution is 2.22. The highest BCUT2D eigenvalue weighted by Gasteiger charge is 2.26. The molecular formula is C17H25N3O4. The van der Waals surface area contributed by atoms with E-state index >= 15 is 0 Å². The quantitative estimate of drug-likeness (QED) is 0.772. The Bertz CT molecular complexity index is 617. The molecule has 7 heteroatoms. The molecule has 7 nitrogen and oxygen atoms in total. The zero-order chi connectivity index (χ0) is 17.9. The van der Waals surface area contributed by atoms with E-state index in [0.717, 1.165) is 11.3 Å². The average Bonchev–Trinajstić information content (AvgIpc) is 2.52. The predicted octanol–water partition coefficient (Wildman–Crippen LogP) is 2.23. The van der Waals surface area contributed by atoms with Gasteiger partial charge in [-0.3, -0.25) is 0 Å². The second kappa shape index (κ2) is 7.07. The van der Waals surface area contributed by atoms with Gasteiger partial charge in [-0.15, -0.1) is 0 Å². The molecule has 0 bridgehead atoms. The number of hydrogen-bond donors (Lipinski definition) is 0. The van der Waals surface area contributed by atoms with Gasteiger partial charge in [0.2, 0.25) is 0 Å². The summed E-state index contributed by atoms with van der Waals surface area (Å²) in [6, 6.07) is 1.72. The molecular weight excluding hydrogens is 310 g/mol. The van der Waals surface area contributed by atoms with E-state index in [9.17, 15) is 9.59 Å². The number of methoxy groups -OCH3 is 1. The molecule has 1 aromatic heterocycles. The van der Waals surface area contributed by atoms with Crippen LogP contribution in [-0.4, -0.2) is 60.8 Å². The van der Waals surface area contributed by atoms with Crippen molar-refractivity contribution >= 4 is 17.7 Å². The van der Waals surface area contributed by atoms with Gasteiger partial charge in [0, 0.05) is 26.2 Å². The van der Waals surface area contributed by atoms with Gasteiger partial charge >= 0.3 is 12.1 Å². The van der Waals surface area contributed by atoms with Crippen LogP contribution in [0.25, 0.3) is 0 Å². The first-order valence-corrected chi connectivity index (χ1v) is 7.99. The Morgan fingerprint density at radius 1 is 1.17 bits per heavy atom. The minimum absolute atomic E-state index is 0.280. The van der Waals surface area contributed by atoms with Crippen LogP contribution >= 0.6 is 0 Å². The smallest absolute Gasteiger partial charge is 0.410 e. The molecule has 1 aliphatic heterocycles. The fraction of sp³-hybridized carbons (Fsp3) is 0.588. The lowest BCUT2D eigenvalue weighted by molar-refractivity contribution is 0.0240. The van der Waals surface area contributed by atoms with Crippen molar-refractivity contribution in [3.8, 4) is 0 Å². The Kier molecular flexibility index (Phi) is 5.31. The molecule has 2 rings (SSSR count). The van der Waals surface area contributed by atoms with Gasteiger partial charge in [-0.05, 0) is 39.3 Å². The molecule has 132 valence electrons. The third-order valence-corrected chi connectivity index (χ3v) is 3.75. The molecule has 0 unspecified atom stereocenters. The predicted molar refractivity (Wildman–Crippen MR) is 90.3 cm³/mol. The molecule has 0 spiro atoms. The number of piperazine rings is 1. The minimum atomic E-state index is -0.488. The van der Waals surface area contributed by atoms with Gasteiger partial charge in [0.05, 0.1) is 19.0 Å². The molecule has 24 heavy (non-hydrogen) atoms. The second-order valence-corrected chi connectivity index (χ2v) is 6.80. The number of carbonyl (C=O) groups excluding carboxylic acids is 2. The van der Waals surface area contributed by atoms with Crippen molar-refractivity contribution < 1.29 is 19.1 Å². The summed E-state index contributed by atoms with van der Waals surface area (Å²) in [5, 5.41) is 0. The van der Waals surface area contributed by atoms with Gasteiger partial charge in [0.15, 0.2) is 0 Å². The van der Waals surface area contributed by atoms with Crippen LogP contribution in [0.5, 0.6) is 0 Å². The Morgan fingerprint density at radius 3 is 2.29 bits per heavy atom. The van der Waals surface area contributed by atoms with Gasteiger partial charge in [-0.1, -0.05) is 0 Å². The Balaban J connectivity index is 2.00. The van der Waals surface area contributed by atoms with Crippen LogP contribution in [-0.2, 0) is 9.47 Å². The number of pyridine rings is 1. The van der Waals surface area contributed by atoms with Crippen LogP contribution in [0.4, 0.5) is 10.5 Å². The summed E-state index contributed by atoms with van der Waals surface area (Å²) >= 11 is 0. The van der Waals surface area contributed by atoms with E-state index in [1.807, 2.05) is 27.7 Å². The average molecular weight is 335 g/mol. The van der Waals surface area contributed by atoms with Gasteiger partial charge in [0.25, 0.3) is 0 Å². The number of rotatable bonds is 2. The monoisotopic (exact) mass is 335 g/mol. The summed E-state index contributed by atoms with van der Waals surface area (Å²) < 4.78 is 10.1.